The Kier molecular flexibility index (Phi) is 13.2. The van der Waals surface area contributed by atoms with Crippen molar-refractivity contribution in [2.45, 2.75) is 63.7 Å². The fraction of sp³-hybridized carbons (Fsp3) is 0.565. The average Bonchev–Trinajstić information content (AvgIpc) is 2.81. The number of hydrogen-bond acceptors (Lipinski definition) is 7. The number of carboxylic acid groups (broad SMARTS) is 1. The van der Waals surface area contributed by atoms with Crippen molar-refractivity contribution in [3.8, 4) is 0 Å². The predicted molar refractivity (Wildman–Crippen MR) is 133 cm³/mol. The van der Waals surface area contributed by atoms with Crippen LogP contribution in [0.25, 0.3) is 0 Å². The molecule has 11 heteroatoms. The van der Waals surface area contributed by atoms with Crippen molar-refractivity contribution < 1.29 is 24.3 Å². The van der Waals surface area contributed by atoms with Gasteiger partial charge in [0, 0.05) is 12.2 Å². The number of nitrogens with one attached hydrogen (secondary N) is 3. The molecule has 0 fully saturated rings. The normalized spacial score (nSPS) is 14.5. The summed E-state index contributed by atoms with van der Waals surface area (Å²) in [6, 6.07) is 4.92. The third-order valence-electron chi connectivity index (χ3n) is 5.31. The molecule has 0 saturated heterocycles. The number of thiol groups is 1. The van der Waals surface area contributed by atoms with Crippen LogP contribution in [0.15, 0.2) is 30.3 Å². The van der Waals surface area contributed by atoms with Gasteiger partial charge >= 0.3 is 5.97 Å². The minimum atomic E-state index is -1.19. The van der Waals surface area contributed by atoms with Crippen molar-refractivity contribution in [3.05, 3.63) is 35.9 Å². The summed E-state index contributed by atoms with van der Waals surface area (Å²) >= 11 is 4.14. The van der Waals surface area contributed by atoms with Gasteiger partial charge in [-0.05, 0) is 37.3 Å². The fourth-order valence-corrected chi connectivity index (χ4v) is 3.38. The van der Waals surface area contributed by atoms with Crippen molar-refractivity contribution in [2.75, 3.05) is 12.3 Å². The number of amides is 3. The molecule has 0 aliphatic rings. The SMILES string of the molecule is CC(C)C(N)C(=O)NC(CS)C(=O)NC(CCCCN)C(=O)NC(Cc1ccccc1)C(=O)O. The second kappa shape index (κ2) is 15.3. The number of nitrogens with two attached hydrogens (primary N) is 2. The van der Waals surface area contributed by atoms with Gasteiger partial charge in [-0.1, -0.05) is 44.2 Å². The van der Waals surface area contributed by atoms with Gasteiger partial charge in [-0.2, -0.15) is 12.6 Å². The summed E-state index contributed by atoms with van der Waals surface area (Å²) in [7, 11) is 0. The van der Waals surface area contributed by atoms with Crippen LogP contribution >= 0.6 is 12.6 Å². The maximum atomic E-state index is 13.0. The van der Waals surface area contributed by atoms with Gasteiger partial charge in [0.15, 0.2) is 0 Å². The fourth-order valence-electron chi connectivity index (χ4n) is 3.12. The number of carbonyl (C=O) groups is 4. The molecule has 1 aromatic rings. The molecule has 4 unspecified atom stereocenters. The van der Waals surface area contributed by atoms with E-state index < -0.39 is 47.9 Å². The number of rotatable bonds is 15. The van der Waals surface area contributed by atoms with Crippen LogP contribution < -0.4 is 27.4 Å². The molecule has 0 radical (unpaired) electrons. The molecule has 0 aliphatic heterocycles. The Morgan fingerprint density at radius 1 is 0.912 bits per heavy atom. The number of aliphatic carboxylic acids is 1. The summed E-state index contributed by atoms with van der Waals surface area (Å²) in [5.74, 6) is -3.06. The van der Waals surface area contributed by atoms with Gasteiger partial charge in [-0.25, -0.2) is 4.79 Å². The first kappa shape index (κ1) is 29.4. The molecule has 190 valence electrons. The number of carboxylic acids is 1. The summed E-state index contributed by atoms with van der Waals surface area (Å²) in [6.07, 6.45) is 1.52. The molecule has 0 heterocycles. The lowest BCUT2D eigenvalue weighted by Crippen LogP contribution is -2.58. The standard InChI is InChI=1S/C23H37N5O5S/c1-14(2)19(25)22(31)28-18(13-34)21(30)26-16(10-6-7-11-24)20(29)27-17(23(32)33)12-15-8-4-3-5-9-15/h3-5,8-9,14,16-19,34H,6-7,10-13,24-25H2,1-2H3,(H,26,30)(H,27,29)(H,28,31)(H,32,33). The molecule has 1 aromatic carbocycles. The van der Waals surface area contributed by atoms with Crippen LogP contribution in [0.5, 0.6) is 0 Å². The maximum Gasteiger partial charge on any atom is 0.326 e. The minimum absolute atomic E-state index is 0.00865. The second-order valence-corrected chi connectivity index (χ2v) is 8.81. The van der Waals surface area contributed by atoms with E-state index in [1.54, 1.807) is 38.1 Å². The van der Waals surface area contributed by atoms with Gasteiger partial charge in [0.2, 0.25) is 17.7 Å². The van der Waals surface area contributed by atoms with Crippen LogP contribution in [0, 0.1) is 5.92 Å². The first-order chi connectivity index (χ1) is 16.1. The smallest absolute Gasteiger partial charge is 0.326 e. The monoisotopic (exact) mass is 495 g/mol. The molecular formula is C23H37N5O5S. The highest BCUT2D eigenvalue weighted by molar-refractivity contribution is 7.80. The van der Waals surface area contributed by atoms with Crippen LogP contribution in [-0.4, -0.2) is 65.3 Å². The molecule has 8 N–H and O–H groups in total. The van der Waals surface area contributed by atoms with Crippen molar-refractivity contribution in [2.24, 2.45) is 17.4 Å². The molecule has 0 spiro atoms. The number of carbonyl (C=O) groups excluding carboxylic acids is 3. The van der Waals surface area contributed by atoms with E-state index >= 15 is 0 Å². The highest BCUT2D eigenvalue weighted by Crippen LogP contribution is 2.07. The van der Waals surface area contributed by atoms with E-state index in [2.05, 4.69) is 28.6 Å². The maximum absolute atomic E-state index is 13.0. The Balaban J connectivity index is 2.91. The Morgan fingerprint density at radius 3 is 2.00 bits per heavy atom. The van der Waals surface area contributed by atoms with Crippen LogP contribution in [0.2, 0.25) is 0 Å². The molecule has 0 saturated carbocycles. The summed E-state index contributed by atoms with van der Waals surface area (Å²) in [6.45, 7) is 3.98. The van der Waals surface area contributed by atoms with Gasteiger partial charge in [0.1, 0.15) is 18.1 Å². The summed E-state index contributed by atoms with van der Waals surface area (Å²) in [5.41, 5.74) is 12.1. The molecule has 4 atom stereocenters. The van der Waals surface area contributed by atoms with E-state index in [-0.39, 0.29) is 24.5 Å². The first-order valence-corrected chi connectivity index (χ1v) is 12.0. The van der Waals surface area contributed by atoms with Crippen LogP contribution in [0.3, 0.4) is 0 Å². The lowest BCUT2D eigenvalue weighted by Gasteiger charge is -2.25. The van der Waals surface area contributed by atoms with E-state index in [9.17, 15) is 24.3 Å². The topological polar surface area (TPSA) is 177 Å². The lowest BCUT2D eigenvalue weighted by molar-refractivity contribution is -0.142. The zero-order valence-electron chi connectivity index (χ0n) is 19.7. The molecule has 10 nitrogen and oxygen atoms in total. The summed E-state index contributed by atoms with van der Waals surface area (Å²) < 4.78 is 0. The molecule has 0 bridgehead atoms. The van der Waals surface area contributed by atoms with E-state index in [1.165, 1.54) is 0 Å². The Bertz CT molecular complexity index is 808. The van der Waals surface area contributed by atoms with Crippen molar-refractivity contribution in [1.82, 2.24) is 16.0 Å². The van der Waals surface area contributed by atoms with Gasteiger partial charge in [-0.3, -0.25) is 14.4 Å². The van der Waals surface area contributed by atoms with Crippen molar-refractivity contribution in [3.63, 3.8) is 0 Å². The number of unbranched alkanes of at least 4 members (excludes halogenated alkanes) is 1. The quantitative estimate of drug-likeness (QED) is 0.130. The Labute approximate surface area is 206 Å². The summed E-state index contributed by atoms with van der Waals surface area (Å²) in [4.78, 5) is 49.8. The number of benzene rings is 1. The molecule has 34 heavy (non-hydrogen) atoms. The summed E-state index contributed by atoms with van der Waals surface area (Å²) in [5, 5.41) is 17.3. The molecule has 0 aromatic heterocycles. The minimum Gasteiger partial charge on any atom is -0.480 e. The average molecular weight is 496 g/mol. The van der Waals surface area contributed by atoms with Gasteiger partial charge < -0.3 is 32.5 Å². The van der Waals surface area contributed by atoms with E-state index in [1.807, 2.05) is 6.07 Å². The zero-order chi connectivity index (χ0) is 25.7. The van der Waals surface area contributed by atoms with Gasteiger partial charge in [-0.15, -0.1) is 0 Å². The van der Waals surface area contributed by atoms with Crippen LogP contribution in [0.1, 0.15) is 38.7 Å². The van der Waals surface area contributed by atoms with Crippen LogP contribution in [0.4, 0.5) is 0 Å². The van der Waals surface area contributed by atoms with E-state index in [0.29, 0.717) is 19.4 Å². The second-order valence-electron chi connectivity index (χ2n) is 8.45. The lowest BCUT2D eigenvalue weighted by atomic mass is 10.0. The number of hydrogen-bond donors (Lipinski definition) is 7. The molecule has 3 amide bonds. The zero-order valence-corrected chi connectivity index (χ0v) is 20.6. The molecule has 0 aliphatic carbocycles. The van der Waals surface area contributed by atoms with Crippen LogP contribution in [-0.2, 0) is 25.6 Å². The predicted octanol–water partition coefficient (Wildman–Crippen LogP) is -0.190. The third-order valence-corrected chi connectivity index (χ3v) is 5.68. The van der Waals surface area contributed by atoms with Gasteiger partial charge in [0.05, 0.1) is 6.04 Å². The highest BCUT2D eigenvalue weighted by Gasteiger charge is 2.30. The molecular weight excluding hydrogens is 458 g/mol. The van der Waals surface area contributed by atoms with E-state index in [0.717, 1.165) is 5.56 Å². The Hall–Kier alpha value is -2.63. The van der Waals surface area contributed by atoms with Gasteiger partial charge in [0.25, 0.3) is 0 Å². The van der Waals surface area contributed by atoms with E-state index in [4.69, 9.17) is 11.5 Å². The highest BCUT2D eigenvalue weighted by atomic mass is 32.1. The largest absolute Gasteiger partial charge is 0.480 e. The third kappa shape index (κ3) is 10.1. The first-order valence-electron chi connectivity index (χ1n) is 11.3. The molecule has 1 rings (SSSR count). The Morgan fingerprint density at radius 2 is 1.47 bits per heavy atom. The van der Waals surface area contributed by atoms with Crippen molar-refractivity contribution in [1.29, 1.82) is 0 Å². The van der Waals surface area contributed by atoms with Crippen molar-refractivity contribution >= 4 is 36.3 Å².